The number of benzene rings is 1. The molecule has 1 aromatic carbocycles. The Hall–Kier alpha value is -1.39. The summed E-state index contributed by atoms with van der Waals surface area (Å²) in [6.07, 6.45) is 3.88. The predicted molar refractivity (Wildman–Crippen MR) is 80.8 cm³/mol. The summed E-state index contributed by atoms with van der Waals surface area (Å²) >= 11 is 0. The SMILES string of the molecule is Cc1ccc(NC(=O)CNC2CCN(C3CC3)C2)cc1. The number of nitrogens with one attached hydrogen (secondary N) is 2. The van der Waals surface area contributed by atoms with Gasteiger partial charge in [-0.3, -0.25) is 9.69 Å². The molecule has 2 N–H and O–H groups in total. The van der Waals surface area contributed by atoms with Crippen molar-refractivity contribution in [1.82, 2.24) is 10.2 Å². The largest absolute Gasteiger partial charge is 0.325 e. The van der Waals surface area contributed by atoms with Gasteiger partial charge in [-0.2, -0.15) is 0 Å². The zero-order valence-electron chi connectivity index (χ0n) is 12.1. The summed E-state index contributed by atoms with van der Waals surface area (Å²) in [5.74, 6) is 0.0405. The van der Waals surface area contributed by atoms with Gasteiger partial charge in [-0.1, -0.05) is 17.7 Å². The molecule has 1 aromatic rings. The van der Waals surface area contributed by atoms with Crippen LogP contribution in [0.3, 0.4) is 0 Å². The molecule has 1 unspecified atom stereocenters. The average Bonchev–Trinajstić information content (AvgIpc) is 3.18. The van der Waals surface area contributed by atoms with Gasteiger partial charge in [0.25, 0.3) is 0 Å². The molecule has 3 rings (SSSR count). The fourth-order valence-corrected chi connectivity index (χ4v) is 2.80. The Morgan fingerprint density at radius 3 is 2.70 bits per heavy atom. The van der Waals surface area contributed by atoms with E-state index in [9.17, 15) is 4.79 Å². The third-order valence-electron chi connectivity index (χ3n) is 4.17. The number of hydrogen-bond donors (Lipinski definition) is 2. The van der Waals surface area contributed by atoms with E-state index in [0.29, 0.717) is 12.6 Å². The van der Waals surface area contributed by atoms with Crippen LogP contribution in [0.5, 0.6) is 0 Å². The van der Waals surface area contributed by atoms with E-state index >= 15 is 0 Å². The van der Waals surface area contributed by atoms with Gasteiger partial charge in [-0.05, 0) is 38.3 Å². The maximum atomic E-state index is 11.9. The molecule has 0 bridgehead atoms. The molecule has 1 aliphatic carbocycles. The number of hydrogen-bond acceptors (Lipinski definition) is 3. The number of rotatable bonds is 5. The summed E-state index contributed by atoms with van der Waals surface area (Å²) in [4.78, 5) is 14.4. The zero-order valence-corrected chi connectivity index (χ0v) is 12.1. The number of amides is 1. The van der Waals surface area contributed by atoms with Crippen molar-refractivity contribution < 1.29 is 4.79 Å². The highest BCUT2D eigenvalue weighted by atomic mass is 16.1. The molecule has 1 atom stereocenters. The number of likely N-dealkylation sites (tertiary alicyclic amines) is 1. The first kappa shape index (κ1) is 13.6. The van der Waals surface area contributed by atoms with Crippen molar-refractivity contribution in [2.45, 2.75) is 38.3 Å². The average molecular weight is 273 g/mol. The van der Waals surface area contributed by atoms with E-state index in [1.807, 2.05) is 31.2 Å². The van der Waals surface area contributed by atoms with E-state index in [0.717, 1.165) is 24.7 Å². The minimum absolute atomic E-state index is 0.0405. The molecule has 4 heteroatoms. The van der Waals surface area contributed by atoms with Crippen LogP contribution < -0.4 is 10.6 Å². The summed E-state index contributed by atoms with van der Waals surface area (Å²) in [7, 11) is 0. The van der Waals surface area contributed by atoms with Crippen molar-refractivity contribution in [2.75, 3.05) is 25.0 Å². The molecule has 4 nitrogen and oxygen atoms in total. The number of nitrogens with zero attached hydrogens (tertiary/aromatic N) is 1. The van der Waals surface area contributed by atoms with Gasteiger partial charge in [0, 0.05) is 30.9 Å². The minimum atomic E-state index is 0.0405. The highest BCUT2D eigenvalue weighted by Crippen LogP contribution is 2.29. The van der Waals surface area contributed by atoms with E-state index in [-0.39, 0.29) is 5.91 Å². The summed E-state index contributed by atoms with van der Waals surface area (Å²) in [6.45, 7) is 4.72. The van der Waals surface area contributed by atoms with Crippen LogP contribution in [0.15, 0.2) is 24.3 Å². The van der Waals surface area contributed by atoms with Crippen molar-refractivity contribution in [3.63, 3.8) is 0 Å². The first-order valence-electron chi connectivity index (χ1n) is 7.54. The van der Waals surface area contributed by atoms with Gasteiger partial charge in [0.1, 0.15) is 0 Å². The second-order valence-electron chi connectivity index (χ2n) is 6.01. The number of carbonyl (C=O) groups excluding carboxylic acids is 1. The molecule has 1 saturated carbocycles. The van der Waals surface area contributed by atoms with Gasteiger partial charge in [-0.25, -0.2) is 0 Å². The Labute approximate surface area is 120 Å². The van der Waals surface area contributed by atoms with Gasteiger partial charge < -0.3 is 10.6 Å². The van der Waals surface area contributed by atoms with Crippen LogP contribution in [0.25, 0.3) is 0 Å². The Balaban J connectivity index is 1.39. The first-order valence-corrected chi connectivity index (χ1v) is 7.54. The first-order chi connectivity index (χ1) is 9.70. The van der Waals surface area contributed by atoms with Crippen LogP contribution in [0.1, 0.15) is 24.8 Å². The zero-order chi connectivity index (χ0) is 13.9. The molecule has 1 heterocycles. The number of aryl methyl sites for hydroxylation is 1. The lowest BCUT2D eigenvalue weighted by Crippen LogP contribution is -2.38. The molecule has 0 spiro atoms. The maximum absolute atomic E-state index is 11.9. The van der Waals surface area contributed by atoms with Gasteiger partial charge in [0.2, 0.25) is 5.91 Å². The molecular formula is C16H23N3O. The lowest BCUT2D eigenvalue weighted by molar-refractivity contribution is -0.115. The maximum Gasteiger partial charge on any atom is 0.238 e. The second-order valence-corrected chi connectivity index (χ2v) is 6.01. The molecule has 108 valence electrons. The highest BCUT2D eigenvalue weighted by molar-refractivity contribution is 5.92. The van der Waals surface area contributed by atoms with E-state index in [1.54, 1.807) is 0 Å². The Morgan fingerprint density at radius 2 is 2.00 bits per heavy atom. The second kappa shape index (κ2) is 5.94. The van der Waals surface area contributed by atoms with Gasteiger partial charge >= 0.3 is 0 Å². The fourth-order valence-electron chi connectivity index (χ4n) is 2.80. The smallest absolute Gasteiger partial charge is 0.238 e. The van der Waals surface area contributed by atoms with Crippen LogP contribution >= 0.6 is 0 Å². The van der Waals surface area contributed by atoms with Crippen molar-refractivity contribution in [3.8, 4) is 0 Å². The highest BCUT2D eigenvalue weighted by Gasteiger charge is 2.34. The molecule has 1 amide bonds. The van der Waals surface area contributed by atoms with Crippen LogP contribution in [-0.2, 0) is 4.79 Å². The molecule has 20 heavy (non-hydrogen) atoms. The van der Waals surface area contributed by atoms with Crippen molar-refractivity contribution >= 4 is 11.6 Å². The van der Waals surface area contributed by atoms with Gasteiger partial charge in [0.15, 0.2) is 0 Å². The third kappa shape index (κ3) is 3.58. The molecule has 0 radical (unpaired) electrons. The monoisotopic (exact) mass is 273 g/mol. The Morgan fingerprint density at radius 1 is 1.25 bits per heavy atom. The van der Waals surface area contributed by atoms with Crippen LogP contribution in [-0.4, -0.2) is 42.5 Å². The van der Waals surface area contributed by atoms with Gasteiger partial charge in [0.05, 0.1) is 6.54 Å². The minimum Gasteiger partial charge on any atom is -0.325 e. The van der Waals surface area contributed by atoms with Crippen molar-refractivity contribution in [1.29, 1.82) is 0 Å². The van der Waals surface area contributed by atoms with Crippen LogP contribution in [0.2, 0.25) is 0 Å². The molecular weight excluding hydrogens is 250 g/mol. The quantitative estimate of drug-likeness (QED) is 0.859. The summed E-state index contributed by atoms with van der Waals surface area (Å²) in [5, 5.41) is 6.30. The van der Waals surface area contributed by atoms with Crippen LogP contribution in [0.4, 0.5) is 5.69 Å². The Kier molecular flexibility index (Phi) is 4.03. The summed E-state index contributed by atoms with van der Waals surface area (Å²) in [5.41, 5.74) is 2.07. The van der Waals surface area contributed by atoms with Crippen molar-refractivity contribution in [2.24, 2.45) is 0 Å². The molecule has 0 aromatic heterocycles. The lowest BCUT2D eigenvalue weighted by Gasteiger charge is -2.15. The van der Waals surface area contributed by atoms with E-state index in [1.165, 1.54) is 24.9 Å². The number of anilines is 1. The predicted octanol–water partition coefficient (Wildman–Crippen LogP) is 1.76. The number of carbonyl (C=O) groups is 1. The summed E-state index contributed by atoms with van der Waals surface area (Å²) < 4.78 is 0. The topological polar surface area (TPSA) is 44.4 Å². The normalized spacial score (nSPS) is 22.9. The molecule has 1 saturated heterocycles. The summed E-state index contributed by atoms with van der Waals surface area (Å²) in [6, 6.07) is 9.21. The molecule has 1 aliphatic heterocycles. The van der Waals surface area contributed by atoms with Crippen LogP contribution in [0, 0.1) is 6.92 Å². The van der Waals surface area contributed by atoms with E-state index in [2.05, 4.69) is 15.5 Å². The molecule has 2 fully saturated rings. The molecule has 2 aliphatic rings. The Bertz CT molecular complexity index is 467. The van der Waals surface area contributed by atoms with E-state index < -0.39 is 0 Å². The van der Waals surface area contributed by atoms with Gasteiger partial charge in [-0.15, -0.1) is 0 Å². The van der Waals surface area contributed by atoms with Crippen molar-refractivity contribution in [3.05, 3.63) is 29.8 Å². The van der Waals surface area contributed by atoms with E-state index in [4.69, 9.17) is 0 Å². The third-order valence-corrected chi connectivity index (χ3v) is 4.17. The fraction of sp³-hybridized carbons (Fsp3) is 0.562. The standard InChI is InChI=1S/C16H23N3O/c1-12-2-4-13(5-3-12)18-16(20)10-17-14-8-9-19(11-14)15-6-7-15/h2-5,14-15,17H,6-11H2,1H3,(H,18,20). The lowest BCUT2D eigenvalue weighted by atomic mass is 10.2.